The van der Waals surface area contributed by atoms with Gasteiger partial charge < -0.3 is 19.5 Å². The van der Waals surface area contributed by atoms with Gasteiger partial charge in [0.15, 0.2) is 11.5 Å². The predicted octanol–water partition coefficient (Wildman–Crippen LogP) is 3.10. The third-order valence-electron chi connectivity index (χ3n) is 3.30. The molecule has 0 saturated heterocycles. The van der Waals surface area contributed by atoms with E-state index >= 15 is 0 Å². The van der Waals surface area contributed by atoms with E-state index in [1.165, 1.54) is 11.1 Å². The maximum absolute atomic E-state index is 5.50. The molecule has 0 aromatic heterocycles. The summed E-state index contributed by atoms with van der Waals surface area (Å²) in [5, 5.41) is 3.43. The fourth-order valence-corrected chi connectivity index (χ4v) is 2.31. The summed E-state index contributed by atoms with van der Waals surface area (Å²) in [7, 11) is 0. The lowest BCUT2D eigenvalue weighted by Crippen LogP contribution is -2.12. The Kier molecular flexibility index (Phi) is 4.26. The highest BCUT2D eigenvalue weighted by atomic mass is 16.7. The van der Waals surface area contributed by atoms with Crippen LogP contribution in [0.15, 0.2) is 42.5 Å². The Morgan fingerprint density at radius 2 is 1.81 bits per heavy atom. The van der Waals surface area contributed by atoms with Crippen LogP contribution in [0.5, 0.6) is 17.2 Å². The maximum atomic E-state index is 5.50. The average molecular weight is 285 g/mol. The fraction of sp³-hybridized carbons (Fsp3) is 0.294. The summed E-state index contributed by atoms with van der Waals surface area (Å²) in [5.41, 5.74) is 2.39. The molecular formula is C17H19NO3. The van der Waals surface area contributed by atoms with Gasteiger partial charge in [-0.3, -0.25) is 0 Å². The van der Waals surface area contributed by atoms with Gasteiger partial charge in [-0.25, -0.2) is 0 Å². The minimum Gasteiger partial charge on any atom is -0.494 e. The van der Waals surface area contributed by atoms with Gasteiger partial charge in [-0.1, -0.05) is 18.2 Å². The Bertz CT molecular complexity index is 613. The second-order valence-electron chi connectivity index (χ2n) is 4.87. The first kappa shape index (κ1) is 13.8. The molecule has 0 unspecified atom stereocenters. The van der Waals surface area contributed by atoms with Crippen LogP contribution in [0.4, 0.5) is 0 Å². The maximum Gasteiger partial charge on any atom is 0.231 e. The van der Waals surface area contributed by atoms with E-state index in [0.717, 1.165) is 30.3 Å². The first-order chi connectivity index (χ1) is 10.3. The van der Waals surface area contributed by atoms with E-state index in [2.05, 4.69) is 23.5 Å². The second kappa shape index (κ2) is 6.50. The van der Waals surface area contributed by atoms with E-state index in [1.54, 1.807) is 0 Å². The lowest BCUT2D eigenvalue weighted by Gasteiger charge is -2.08. The summed E-state index contributed by atoms with van der Waals surface area (Å²) in [6.45, 7) is 4.58. The molecule has 4 nitrogen and oxygen atoms in total. The van der Waals surface area contributed by atoms with Crippen LogP contribution in [0.1, 0.15) is 18.1 Å². The average Bonchev–Trinajstić information content (AvgIpc) is 2.96. The van der Waals surface area contributed by atoms with Gasteiger partial charge in [0.2, 0.25) is 6.79 Å². The van der Waals surface area contributed by atoms with Crippen LogP contribution in [0, 0.1) is 0 Å². The highest BCUT2D eigenvalue weighted by molar-refractivity contribution is 5.44. The quantitative estimate of drug-likeness (QED) is 0.885. The van der Waals surface area contributed by atoms with Gasteiger partial charge in [-0.15, -0.1) is 0 Å². The highest BCUT2D eigenvalue weighted by Crippen LogP contribution is 2.32. The van der Waals surface area contributed by atoms with E-state index in [4.69, 9.17) is 14.2 Å². The number of benzene rings is 2. The van der Waals surface area contributed by atoms with Crippen LogP contribution in [-0.2, 0) is 13.1 Å². The van der Waals surface area contributed by atoms with Crippen molar-refractivity contribution in [2.75, 3.05) is 13.4 Å². The molecule has 0 amide bonds. The zero-order valence-corrected chi connectivity index (χ0v) is 12.1. The largest absolute Gasteiger partial charge is 0.494 e. The number of fused-ring (bicyclic) bond motifs is 1. The van der Waals surface area contributed by atoms with Gasteiger partial charge >= 0.3 is 0 Å². The Morgan fingerprint density at radius 3 is 2.67 bits per heavy atom. The van der Waals surface area contributed by atoms with E-state index in [9.17, 15) is 0 Å². The Balaban J connectivity index is 1.55. The van der Waals surface area contributed by atoms with Crippen LogP contribution in [0.3, 0.4) is 0 Å². The van der Waals surface area contributed by atoms with Crippen LogP contribution < -0.4 is 19.5 Å². The third-order valence-corrected chi connectivity index (χ3v) is 3.30. The van der Waals surface area contributed by atoms with E-state index in [-0.39, 0.29) is 0 Å². The van der Waals surface area contributed by atoms with Crippen molar-refractivity contribution in [2.24, 2.45) is 0 Å². The minimum absolute atomic E-state index is 0.316. The summed E-state index contributed by atoms with van der Waals surface area (Å²) in [6.07, 6.45) is 0. The molecule has 110 valence electrons. The molecule has 1 aliphatic rings. The van der Waals surface area contributed by atoms with E-state index < -0.39 is 0 Å². The van der Waals surface area contributed by atoms with Crippen molar-refractivity contribution >= 4 is 0 Å². The first-order valence-corrected chi connectivity index (χ1v) is 7.16. The zero-order chi connectivity index (χ0) is 14.5. The molecule has 1 heterocycles. The summed E-state index contributed by atoms with van der Waals surface area (Å²) in [4.78, 5) is 0. The summed E-state index contributed by atoms with van der Waals surface area (Å²) in [5.74, 6) is 2.57. The molecule has 0 bridgehead atoms. The number of rotatable bonds is 6. The summed E-state index contributed by atoms with van der Waals surface area (Å²) >= 11 is 0. The zero-order valence-electron chi connectivity index (χ0n) is 12.1. The van der Waals surface area contributed by atoms with Crippen molar-refractivity contribution in [2.45, 2.75) is 20.0 Å². The van der Waals surface area contributed by atoms with Crippen LogP contribution >= 0.6 is 0 Å². The molecule has 0 aliphatic carbocycles. The lowest BCUT2D eigenvalue weighted by atomic mass is 10.2. The molecule has 3 rings (SSSR count). The normalized spacial score (nSPS) is 12.4. The SMILES string of the molecule is CCOc1cccc(CNCc2ccc3c(c2)OCO3)c1. The fourth-order valence-electron chi connectivity index (χ4n) is 2.31. The van der Waals surface area contributed by atoms with Gasteiger partial charge in [0.25, 0.3) is 0 Å². The van der Waals surface area contributed by atoms with Crippen molar-refractivity contribution in [1.82, 2.24) is 5.32 Å². The van der Waals surface area contributed by atoms with Crippen LogP contribution in [0.25, 0.3) is 0 Å². The van der Waals surface area contributed by atoms with E-state index in [0.29, 0.717) is 13.4 Å². The molecule has 0 saturated carbocycles. The van der Waals surface area contributed by atoms with E-state index in [1.807, 2.05) is 31.2 Å². The number of nitrogens with one attached hydrogen (secondary N) is 1. The standard InChI is InChI=1S/C17H19NO3/c1-2-19-15-5-3-4-13(8-15)10-18-11-14-6-7-16-17(9-14)21-12-20-16/h3-9,18H,2,10-12H2,1H3. The summed E-state index contributed by atoms with van der Waals surface area (Å²) < 4.78 is 16.2. The lowest BCUT2D eigenvalue weighted by molar-refractivity contribution is 0.174. The van der Waals surface area contributed by atoms with Gasteiger partial charge in [-0.05, 0) is 42.3 Å². The van der Waals surface area contributed by atoms with Crippen LogP contribution in [-0.4, -0.2) is 13.4 Å². The van der Waals surface area contributed by atoms with Crippen molar-refractivity contribution in [3.63, 3.8) is 0 Å². The molecule has 0 fully saturated rings. The molecule has 0 spiro atoms. The molecular weight excluding hydrogens is 266 g/mol. The number of hydrogen-bond donors (Lipinski definition) is 1. The van der Waals surface area contributed by atoms with Crippen molar-refractivity contribution in [1.29, 1.82) is 0 Å². The molecule has 21 heavy (non-hydrogen) atoms. The molecule has 1 aliphatic heterocycles. The van der Waals surface area contributed by atoms with Crippen molar-refractivity contribution in [3.8, 4) is 17.2 Å². The topological polar surface area (TPSA) is 39.7 Å². The first-order valence-electron chi connectivity index (χ1n) is 7.16. The van der Waals surface area contributed by atoms with Crippen molar-refractivity contribution < 1.29 is 14.2 Å². The Hall–Kier alpha value is -2.20. The Labute approximate surface area is 124 Å². The van der Waals surface area contributed by atoms with Gasteiger partial charge in [0.05, 0.1) is 6.61 Å². The van der Waals surface area contributed by atoms with Gasteiger partial charge in [0, 0.05) is 13.1 Å². The Morgan fingerprint density at radius 1 is 1.00 bits per heavy atom. The second-order valence-corrected chi connectivity index (χ2v) is 4.87. The molecule has 1 N–H and O–H groups in total. The molecule has 2 aromatic rings. The molecule has 4 heteroatoms. The minimum atomic E-state index is 0.316. The smallest absolute Gasteiger partial charge is 0.231 e. The summed E-state index contributed by atoms with van der Waals surface area (Å²) in [6, 6.07) is 14.2. The molecule has 0 atom stereocenters. The van der Waals surface area contributed by atoms with Gasteiger partial charge in [0.1, 0.15) is 5.75 Å². The third kappa shape index (κ3) is 3.47. The van der Waals surface area contributed by atoms with Crippen molar-refractivity contribution in [3.05, 3.63) is 53.6 Å². The van der Waals surface area contributed by atoms with Crippen LogP contribution in [0.2, 0.25) is 0 Å². The monoisotopic (exact) mass is 285 g/mol. The highest BCUT2D eigenvalue weighted by Gasteiger charge is 2.12. The predicted molar refractivity (Wildman–Crippen MR) is 80.7 cm³/mol. The van der Waals surface area contributed by atoms with Gasteiger partial charge in [-0.2, -0.15) is 0 Å². The number of hydrogen-bond acceptors (Lipinski definition) is 4. The number of ether oxygens (including phenoxy) is 3. The molecule has 2 aromatic carbocycles. The molecule has 0 radical (unpaired) electrons.